The second-order valence-electron chi connectivity index (χ2n) is 10.0. The first-order valence-corrected chi connectivity index (χ1v) is 11.3. The number of allylic oxidation sites excluding steroid dienone is 2. The Hall–Kier alpha value is -3.94. The fourth-order valence-corrected chi connectivity index (χ4v) is 5.09. The van der Waals surface area contributed by atoms with Gasteiger partial charge in [0.05, 0.1) is 10.6 Å². The van der Waals surface area contributed by atoms with Crippen LogP contribution in [0.25, 0.3) is 11.3 Å². The van der Waals surface area contributed by atoms with Crippen molar-refractivity contribution >= 4 is 23.0 Å². The molecular weight excluding hydrogens is 430 g/mol. The van der Waals surface area contributed by atoms with Crippen molar-refractivity contribution in [2.45, 2.75) is 32.6 Å². The highest BCUT2D eigenvalue weighted by atomic mass is 16.6. The summed E-state index contributed by atoms with van der Waals surface area (Å²) in [6.45, 7) is 4.21. The number of anilines is 2. The van der Waals surface area contributed by atoms with E-state index in [1.54, 1.807) is 6.07 Å². The molecule has 3 aromatic rings. The summed E-state index contributed by atoms with van der Waals surface area (Å²) in [6, 6.07) is 14.7. The molecule has 8 nitrogen and oxygen atoms in total. The number of nitro groups is 1. The van der Waals surface area contributed by atoms with Crippen LogP contribution in [-0.4, -0.2) is 35.0 Å². The molecule has 2 N–H and O–H groups in total. The van der Waals surface area contributed by atoms with E-state index in [2.05, 4.69) is 41.5 Å². The van der Waals surface area contributed by atoms with Crippen LogP contribution in [0.5, 0.6) is 0 Å². The van der Waals surface area contributed by atoms with Gasteiger partial charge in [-0.05, 0) is 29.5 Å². The van der Waals surface area contributed by atoms with Crippen LogP contribution in [0.4, 0.5) is 17.2 Å². The Bertz CT molecular complexity index is 1330. The summed E-state index contributed by atoms with van der Waals surface area (Å²) in [5.41, 5.74) is 5.77. The highest BCUT2D eigenvalue weighted by Crippen LogP contribution is 2.51. The maximum atomic E-state index is 13.5. The van der Waals surface area contributed by atoms with E-state index in [1.807, 2.05) is 37.2 Å². The van der Waals surface area contributed by atoms with Crippen molar-refractivity contribution in [3.8, 4) is 11.3 Å². The molecule has 5 rings (SSSR count). The van der Waals surface area contributed by atoms with Crippen molar-refractivity contribution in [1.82, 2.24) is 10.2 Å². The van der Waals surface area contributed by atoms with Crippen LogP contribution in [0.3, 0.4) is 0 Å². The van der Waals surface area contributed by atoms with Crippen LogP contribution in [-0.2, 0) is 4.79 Å². The van der Waals surface area contributed by atoms with Gasteiger partial charge in [0.1, 0.15) is 0 Å². The average molecular weight is 458 g/mol. The lowest BCUT2D eigenvalue weighted by molar-refractivity contribution is -0.384. The molecule has 2 heterocycles. The number of fused-ring (bicyclic) bond motifs is 1. The molecule has 1 atom stereocenters. The predicted octanol–water partition coefficient (Wildman–Crippen LogP) is 5.25. The number of carbonyl (C=O) groups excluding carboxylic acids is 1. The molecule has 0 amide bonds. The topological polar surface area (TPSA) is 104 Å². The van der Waals surface area contributed by atoms with Crippen molar-refractivity contribution in [3.05, 3.63) is 81.0 Å². The minimum Gasteiger partial charge on any atom is -0.378 e. The Labute approximate surface area is 197 Å². The van der Waals surface area contributed by atoms with Crippen molar-refractivity contribution < 1.29 is 9.72 Å². The molecule has 174 valence electrons. The Morgan fingerprint density at radius 3 is 2.53 bits per heavy atom. The first-order chi connectivity index (χ1) is 16.1. The zero-order valence-corrected chi connectivity index (χ0v) is 19.7. The largest absolute Gasteiger partial charge is 0.378 e. The first kappa shape index (κ1) is 21.9. The second kappa shape index (κ2) is 7.83. The molecular formula is C26H27N5O3. The fourth-order valence-electron chi connectivity index (χ4n) is 5.09. The Kier molecular flexibility index (Phi) is 5.04. The number of ketones is 1. The number of hydrogen-bond donors (Lipinski definition) is 2. The number of rotatable bonds is 4. The third-order valence-corrected chi connectivity index (χ3v) is 6.66. The SMILES string of the molecule is CN(C)c1ccc(C2C3=C(CC(C)(C)CC3=O)Nc3n[nH]c(-c4cccc([N+](=O)[O-])c4)c32)cc1. The summed E-state index contributed by atoms with van der Waals surface area (Å²) >= 11 is 0. The molecule has 0 radical (unpaired) electrons. The number of H-pyrrole nitrogens is 1. The van der Waals surface area contributed by atoms with Crippen LogP contribution in [0.15, 0.2) is 59.8 Å². The van der Waals surface area contributed by atoms with E-state index in [4.69, 9.17) is 0 Å². The lowest BCUT2D eigenvalue weighted by atomic mass is 9.69. The summed E-state index contributed by atoms with van der Waals surface area (Å²) in [5, 5.41) is 22.4. The molecule has 2 aromatic carbocycles. The van der Waals surface area contributed by atoms with Gasteiger partial charge in [-0.1, -0.05) is 38.1 Å². The Morgan fingerprint density at radius 1 is 1.12 bits per heavy atom. The van der Waals surface area contributed by atoms with Gasteiger partial charge in [-0.25, -0.2) is 0 Å². The van der Waals surface area contributed by atoms with Gasteiger partial charge in [0.15, 0.2) is 11.6 Å². The predicted molar refractivity (Wildman–Crippen MR) is 132 cm³/mol. The van der Waals surface area contributed by atoms with Crippen LogP contribution in [0, 0.1) is 15.5 Å². The highest BCUT2D eigenvalue weighted by Gasteiger charge is 2.42. The van der Waals surface area contributed by atoms with Crippen LogP contribution in [0.1, 0.15) is 43.7 Å². The van der Waals surface area contributed by atoms with Gasteiger partial charge in [-0.15, -0.1) is 0 Å². The zero-order valence-electron chi connectivity index (χ0n) is 19.7. The molecule has 34 heavy (non-hydrogen) atoms. The lowest BCUT2D eigenvalue weighted by Crippen LogP contribution is -2.33. The summed E-state index contributed by atoms with van der Waals surface area (Å²) in [7, 11) is 3.98. The summed E-state index contributed by atoms with van der Waals surface area (Å²) in [5.74, 6) is 0.462. The number of aromatic nitrogens is 2. The van der Waals surface area contributed by atoms with E-state index in [0.29, 0.717) is 23.5 Å². The maximum absolute atomic E-state index is 13.5. The Morgan fingerprint density at radius 2 is 1.85 bits per heavy atom. The van der Waals surface area contributed by atoms with Gasteiger partial charge >= 0.3 is 0 Å². The summed E-state index contributed by atoms with van der Waals surface area (Å²) in [4.78, 5) is 26.5. The number of Topliss-reactive ketones (excluding diaryl/α,β-unsaturated/α-hetero) is 1. The van der Waals surface area contributed by atoms with Gasteiger partial charge in [0.25, 0.3) is 5.69 Å². The standard InChI is InChI=1S/C26H27N5O3/c1-26(2)13-19-22(20(32)14-26)21(15-8-10-17(11-9-15)30(3)4)23-24(28-29-25(23)27-19)16-6-5-7-18(12-16)31(33)34/h5-12,21H,13-14H2,1-4H3,(H2,27,28,29). The fraction of sp³-hybridized carbons (Fsp3) is 0.308. The third-order valence-electron chi connectivity index (χ3n) is 6.66. The average Bonchev–Trinajstić information content (AvgIpc) is 3.20. The molecule has 1 aromatic heterocycles. The maximum Gasteiger partial charge on any atom is 0.270 e. The monoisotopic (exact) mass is 457 g/mol. The number of nitrogens with zero attached hydrogens (tertiary/aromatic N) is 3. The quantitative estimate of drug-likeness (QED) is 0.410. The molecule has 8 heteroatoms. The van der Waals surface area contributed by atoms with Crippen LogP contribution < -0.4 is 10.2 Å². The molecule has 0 fully saturated rings. The van der Waals surface area contributed by atoms with Gasteiger partial charge in [-0.2, -0.15) is 5.10 Å². The van der Waals surface area contributed by atoms with E-state index in [-0.39, 0.29) is 22.8 Å². The molecule has 0 spiro atoms. The van der Waals surface area contributed by atoms with Crippen molar-refractivity contribution in [2.75, 3.05) is 24.3 Å². The minimum absolute atomic E-state index is 0.00639. The summed E-state index contributed by atoms with van der Waals surface area (Å²) in [6.07, 6.45) is 1.22. The molecule has 0 saturated carbocycles. The molecule has 1 aliphatic carbocycles. The number of nitro benzene ring substituents is 1. The number of aromatic amines is 1. The molecule has 0 bridgehead atoms. The number of nitrogens with one attached hydrogen (secondary N) is 2. The molecule has 1 aliphatic heterocycles. The minimum atomic E-state index is -0.407. The smallest absolute Gasteiger partial charge is 0.270 e. The van der Waals surface area contributed by atoms with Crippen molar-refractivity contribution in [3.63, 3.8) is 0 Å². The molecule has 1 unspecified atom stereocenters. The van der Waals surface area contributed by atoms with E-state index in [1.165, 1.54) is 12.1 Å². The normalized spacial score (nSPS) is 18.7. The first-order valence-electron chi connectivity index (χ1n) is 11.3. The molecule has 2 aliphatic rings. The zero-order chi connectivity index (χ0) is 24.2. The van der Waals surface area contributed by atoms with Gasteiger partial charge in [0.2, 0.25) is 0 Å². The van der Waals surface area contributed by atoms with E-state index < -0.39 is 4.92 Å². The van der Waals surface area contributed by atoms with E-state index in [9.17, 15) is 14.9 Å². The molecule has 0 saturated heterocycles. The van der Waals surface area contributed by atoms with Gasteiger partial charge in [0, 0.05) is 66.7 Å². The van der Waals surface area contributed by atoms with Crippen LogP contribution in [0.2, 0.25) is 0 Å². The van der Waals surface area contributed by atoms with Crippen LogP contribution >= 0.6 is 0 Å². The van der Waals surface area contributed by atoms with Gasteiger partial charge in [-0.3, -0.25) is 20.0 Å². The Balaban J connectivity index is 1.71. The lowest BCUT2D eigenvalue weighted by Gasteiger charge is -2.38. The summed E-state index contributed by atoms with van der Waals surface area (Å²) < 4.78 is 0. The third kappa shape index (κ3) is 3.65. The van der Waals surface area contributed by atoms with Crippen molar-refractivity contribution in [2.24, 2.45) is 5.41 Å². The highest BCUT2D eigenvalue weighted by molar-refractivity contribution is 6.02. The number of hydrogen-bond acceptors (Lipinski definition) is 6. The van der Waals surface area contributed by atoms with E-state index >= 15 is 0 Å². The van der Waals surface area contributed by atoms with E-state index in [0.717, 1.165) is 34.5 Å². The number of carbonyl (C=O) groups is 1. The second-order valence-corrected chi connectivity index (χ2v) is 10.0. The van der Waals surface area contributed by atoms with Crippen molar-refractivity contribution in [1.29, 1.82) is 0 Å². The van der Waals surface area contributed by atoms with Gasteiger partial charge < -0.3 is 10.2 Å². The number of non-ortho nitro benzene ring substituents is 1. The number of benzene rings is 2.